The van der Waals surface area contributed by atoms with E-state index in [1.165, 1.54) is 6.42 Å². The maximum absolute atomic E-state index is 4.27. The lowest BCUT2D eigenvalue weighted by atomic mass is 9.99. The number of nitrogens with one attached hydrogen (secondary N) is 1. The summed E-state index contributed by atoms with van der Waals surface area (Å²) < 4.78 is 2.18. The lowest BCUT2D eigenvalue weighted by Crippen LogP contribution is -2.36. The Morgan fingerprint density at radius 3 is 3.00 bits per heavy atom. The molecule has 15 heavy (non-hydrogen) atoms. The van der Waals surface area contributed by atoms with Crippen LogP contribution in [0.5, 0.6) is 0 Å². The zero-order valence-electron chi connectivity index (χ0n) is 9.82. The van der Waals surface area contributed by atoms with Crippen molar-refractivity contribution in [3.8, 4) is 0 Å². The van der Waals surface area contributed by atoms with E-state index in [0.717, 1.165) is 25.3 Å². The van der Waals surface area contributed by atoms with Crippen molar-refractivity contribution < 1.29 is 0 Å². The first-order valence-corrected chi connectivity index (χ1v) is 5.75. The molecule has 1 aromatic rings. The van der Waals surface area contributed by atoms with E-state index >= 15 is 0 Å². The average molecular weight is 208 g/mol. The number of nitrogens with zero attached hydrogens (tertiary/aromatic N) is 3. The average Bonchev–Trinajstić information content (AvgIpc) is 2.73. The van der Waals surface area contributed by atoms with E-state index in [9.17, 15) is 0 Å². The Labute approximate surface area is 91.1 Å². The molecule has 4 nitrogen and oxygen atoms in total. The molecule has 1 unspecified atom stereocenters. The molecule has 1 fully saturated rings. The largest absolute Gasteiger partial charge is 0.316 e. The minimum absolute atomic E-state index is 0.0331. The highest BCUT2D eigenvalue weighted by molar-refractivity contribution is 5.07. The molecule has 1 atom stereocenters. The van der Waals surface area contributed by atoms with Gasteiger partial charge in [0.2, 0.25) is 0 Å². The minimum Gasteiger partial charge on any atom is -0.316 e. The molecule has 1 aliphatic rings. The highest BCUT2D eigenvalue weighted by atomic mass is 15.3. The van der Waals surface area contributed by atoms with Crippen LogP contribution < -0.4 is 5.32 Å². The Balaban J connectivity index is 2.23. The Morgan fingerprint density at radius 2 is 2.40 bits per heavy atom. The molecule has 0 radical (unpaired) electrons. The summed E-state index contributed by atoms with van der Waals surface area (Å²) in [5.74, 6) is 1.72. The lowest BCUT2D eigenvalue weighted by Gasteiger charge is -2.24. The van der Waals surface area contributed by atoms with E-state index in [-0.39, 0.29) is 5.54 Å². The molecule has 84 valence electrons. The fourth-order valence-electron chi connectivity index (χ4n) is 2.29. The van der Waals surface area contributed by atoms with Gasteiger partial charge in [-0.3, -0.25) is 0 Å². The summed E-state index contributed by atoms with van der Waals surface area (Å²) in [6, 6.07) is 0. The zero-order valence-corrected chi connectivity index (χ0v) is 9.82. The Morgan fingerprint density at radius 1 is 1.60 bits per heavy atom. The van der Waals surface area contributed by atoms with E-state index in [0.29, 0.717) is 5.92 Å². The van der Waals surface area contributed by atoms with Gasteiger partial charge in [-0.05, 0) is 32.2 Å². The smallest absolute Gasteiger partial charge is 0.152 e. The van der Waals surface area contributed by atoms with Gasteiger partial charge in [0.1, 0.15) is 6.33 Å². The first-order valence-electron chi connectivity index (χ1n) is 5.75. The summed E-state index contributed by atoms with van der Waals surface area (Å²) >= 11 is 0. The quantitative estimate of drug-likeness (QED) is 0.819. The molecule has 0 spiro atoms. The molecule has 0 aliphatic carbocycles. The van der Waals surface area contributed by atoms with Gasteiger partial charge in [-0.25, -0.2) is 0 Å². The van der Waals surface area contributed by atoms with Crippen LogP contribution >= 0.6 is 0 Å². The van der Waals surface area contributed by atoms with Crippen LogP contribution in [-0.4, -0.2) is 21.3 Å². The molecular formula is C11H20N4. The van der Waals surface area contributed by atoms with E-state index in [1.54, 1.807) is 0 Å². The molecule has 0 amide bonds. The number of rotatable bonds is 3. The van der Waals surface area contributed by atoms with Crippen LogP contribution in [0, 0.1) is 5.92 Å². The van der Waals surface area contributed by atoms with Crippen LogP contribution in [0.15, 0.2) is 6.33 Å². The second-order valence-electron chi connectivity index (χ2n) is 5.06. The van der Waals surface area contributed by atoms with E-state index in [1.807, 2.05) is 6.33 Å². The third kappa shape index (κ3) is 2.04. The van der Waals surface area contributed by atoms with Crippen molar-refractivity contribution in [2.45, 2.75) is 45.7 Å². The van der Waals surface area contributed by atoms with Crippen LogP contribution in [-0.2, 0) is 12.1 Å². The summed E-state index contributed by atoms with van der Waals surface area (Å²) in [5, 5.41) is 11.8. The van der Waals surface area contributed by atoms with Crippen LogP contribution in [0.3, 0.4) is 0 Å². The van der Waals surface area contributed by atoms with Gasteiger partial charge >= 0.3 is 0 Å². The number of hydrogen-bond acceptors (Lipinski definition) is 3. The lowest BCUT2D eigenvalue weighted by molar-refractivity contribution is 0.372. The summed E-state index contributed by atoms with van der Waals surface area (Å²) in [5.41, 5.74) is 0.0331. The van der Waals surface area contributed by atoms with Crippen molar-refractivity contribution in [3.05, 3.63) is 12.2 Å². The van der Waals surface area contributed by atoms with E-state index < -0.39 is 0 Å². The van der Waals surface area contributed by atoms with Gasteiger partial charge < -0.3 is 9.88 Å². The van der Waals surface area contributed by atoms with E-state index in [2.05, 4.69) is 40.9 Å². The topological polar surface area (TPSA) is 42.7 Å². The highest BCUT2D eigenvalue weighted by Crippen LogP contribution is 2.28. The molecule has 4 heteroatoms. The number of hydrogen-bond donors (Lipinski definition) is 1. The standard InChI is InChI=1S/C11H20N4/c1-9(2)7-15-8-13-14-10(15)11(3)5-4-6-12-11/h8-9,12H,4-7H2,1-3H3. The third-order valence-electron chi connectivity index (χ3n) is 3.04. The molecule has 1 N–H and O–H groups in total. The Kier molecular flexibility index (Phi) is 2.78. The molecule has 1 aliphatic heterocycles. The molecular weight excluding hydrogens is 188 g/mol. The van der Waals surface area contributed by atoms with Crippen molar-refractivity contribution in [2.24, 2.45) is 5.92 Å². The predicted octanol–water partition coefficient (Wildman–Crippen LogP) is 1.53. The summed E-state index contributed by atoms with van der Waals surface area (Å²) in [6.07, 6.45) is 4.23. The van der Waals surface area contributed by atoms with Gasteiger partial charge in [0.15, 0.2) is 5.82 Å². The van der Waals surface area contributed by atoms with Gasteiger partial charge in [-0.2, -0.15) is 0 Å². The second-order valence-corrected chi connectivity index (χ2v) is 5.06. The summed E-state index contributed by atoms with van der Waals surface area (Å²) in [6.45, 7) is 8.74. The molecule has 1 aromatic heterocycles. The molecule has 0 saturated carbocycles. The van der Waals surface area contributed by atoms with Crippen LogP contribution in [0.2, 0.25) is 0 Å². The molecule has 1 saturated heterocycles. The van der Waals surface area contributed by atoms with E-state index in [4.69, 9.17) is 0 Å². The normalized spacial score (nSPS) is 26.4. The molecule has 2 rings (SSSR count). The maximum atomic E-state index is 4.27. The zero-order chi connectivity index (χ0) is 10.9. The molecule has 2 heterocycles. The van der Waals surface area contributed by atoms with Crippen LogP contribution in [0.1, 0.15) is 39.4 Å². The first-order chi connectivity index (χ1) is 7.12. The minimum atomic E-state index is 0.0331. The fraction of sp³-hybridized carbons (Fsp3) is 0.818. The predicted molar refractivity (Wildman–Crippen MR) is 59.4 cm³/mol. The molecule has 0 aromatic carbocycles. The van der Waals surface area contributed by atoms with Crippen molar-refractivity contribution in [1.82, 2.24) is 20.1 Å². The summed E-state index contributed by atoms with van der Waals surface area (Å²) in [4.78, 5) is 0. The van der Waals surface area contributed by atoms with Gasteiger partial charge in [-0.15, -0.1) is 10.2 Å². The maximum Gasteiger partial charge on any atom is 0.152 e. The SMILES string of the molecule is CC(C)Cn1cnnc1C1(C)CCCN1. The van der Waals surface area contributed by atoms with Crippen molar-refractivity contribution in [1.29, 1.82) is 0 Å². The van der Waals surface area contributed by atoms with Crippen LogP contribution in [0.4, 0.5) is 0 Å². The van der Waals surface area contributed by atoms with Crippen molar-refractivity contribution in [2.75, 3.05) is 6.54 Å². The highest BCUT2D eigenvalue weighted by Gasteiger charge is 2.34. The number of aromatic nitrogens is 3. The van der Waals surface area contributed by atoms with Crippen molar-refractivity contribution in [3.63, 3.8) is 0 Å². The Hall–Kier alpha value is -0.900. The third-order valence-corrected chi connectivity index (χ3v) is 3.04. The Bertz CT molecular complexity index is 323. The van der Waals surface area contributed by atoms with Crippen LogP contribution in [0.25, 0.3) is 0 Å². The monoisotopic (exact) mass is 208 g/mol. The van der Waals surface area contributed by atoms with Gasteiger partial charge in [0.05, 0.1) is 5.54 Å². The van der Waals surface area contributed by atoms with Gasteiger partial charge in [0, 0.05) is 6.54 Å². The van der Waals surface area contributed by atoms with Gasteiger partial charge in [0.25, 0.3) is 0 Å². The first kappa shape index (κ1) is 10.6. The fourth-order valence-corrected chi connectivity index (χ4v) is 2.29. The van der Waals surface area contributed by atoms with Gasteiger partial charge in [-0.1, -0.05) is 13.8 Å². The molecule has 0 bridgehead atoms. The summed E-state index contributed by atoms with van der Waals surface area (Å²) in [7, 11) is 0. The second kappa shape index (κ2) is 3.93. The van der Waals surface area contributed by atoms with Crippen molar-refractivity contribution >= 4 is 0 Å².